The number of alkyl carbamates (subject to hydrolysis) is 1. The Balaban J connectivity index is 1.39. The molecule has 1 aliphatic heterocycles. The third kappa shape index (κ3) is 4.08. The number of anilines is 1. The van der Waals surface area contributed by atoms with Crippen molar-refractivity contribution in [1.29, 1.82) is 5.26 Å². The maximum absolute atomic E-state index is 15.3. The number of halogens is 1. The van der Waals surface area contributed by atoms with Crippen molar-refractivity contribution in [2.45, 2.75) is 25.5 Å². The second-order valence-corrected chi connectivity index (χ2v) is 8.28. The fourth-order valence-corrected chi connectivity index (χ4v) is 4.60. The molecule has 1 aromatic heterocycles. The molecular formula is C26H23FN4O2. The van der Waals surface area contributed by atoms with Crippen molar-refractivity contribution in [2.75, 3.05) is 18.0 Å². The number of amides is 1. The summed E-state index contributed by atoms with van der Waals surface area (Å²) < 4.78 is 20.7. The van der Waals surface area contributed by atoms with Crippen molar-refractivity contribution >= 4 is 33.6 Å². The van der Waals surface area contributed by atoms with E-state index >= 15 is 4.39 Å². The van der Waals surface area contributed by atoms with Crippen molar-refractivity contribution < 1.29 is 13.9 Å². The number of fused-ring (bicyclic) bond motifs is 3. The molecular weight excluding hydrogens is 419 g/mol. The normalized spacial score (nSPS) is 16.0. The van der Waals surface area contributed by atoms with E-state index in [2.05, 4.69) is 16.4 Å². The van der Waals surface area contributed by atoms with Gasteiger partial charge in [0.05, 0.1) is 16.8 Å². The number of H-pyrrole nitrogens is 1. The summed E-state index contributed by atoms with van der Waals surface area (Å²) in [6, 6.07) is 20.4. The van der Waals surface area contributed by atoms with Gasteiger partial charge in [0, 0.05) is 35.4 Å². The van der Waals surface area contributed by atoms with Crippen LogP contribution in [0.5, 0.6) is 0 Å². The first kappa shape index (κ1) is 20.8. The highest BCUT2D eigenvalue weighted by molar-refractivity contribution is 6.15. The van der Waals surface area contributed by atoms with Crippen LogP contribution in [-0.2, 0) is 11.3 Å². The van der Waals surface area contributed by atoms with Crippen molar-refractivity contribution in [1.82, 2.24) is 10.3 Å². The van der Waals surface area contributed by atoms with E-state index in [-0.39, 0.29) is 18.2 Å². The fraction of sp³-hybridized carbons (Fsp3) is 0.231. The van der Waals surface area contributed by atoms with E-state index in [1.807, 2.05) is 59.5 Å². The molecule has 0 saturated carbocycles. The number of hydrogen-bond acceptors (Lipinski definition) is 4. The molecule has 7 heteroatoms. The van der Waals surface area contributed by atoms with Crippen molar-refractivity contribution in [3.05, 3.63) is 77.6 Å². The number of hydrogen-bond donors (Lipinski definition) is 2. The number of carbonyl (C=O) groups is 1. The van der Waals surface area contributed by atoms with Crippen LogP contribution in [0.4, 0.5) is 14.9 Å². The SMILES string of the molecule is N#Cc1cc(F)c(N2CCCC(NC(=O)OCc3ccccc3)C2)c2c1[nH]c1ccccc12. The molecule has 0 aliphatic carbocycles. The number of para-hydroxylation sites is 1. The minimum Gasteiger partial charge on any atom is -0.445 e. The highest BCUT2D eigenvalue weighted by Gasteiger charge is 2.27. The Morgan fingerprint density at radius 2 is 2.00 bits per heavy atom. The molecule has 33 heavy (non-hydrogen) atoms. The van der Waals surface area contributed by atoms with Crippen LogP contribution in [0.15, 0.2) is 60.7 Å². The van der Waals surface area contributed by atoms with Gasteiger partial charge in [-0.15, -0.1) is 0 Å². The van der Waals surface area contributed by atoms with Gasteiger partial charge in [-0.2, -0.15) is 5.26 Å². The van der Waals surface area contributed by atoms with Gasteiger partial charge >= 0.3 is 6.09 Å². The monoisotopic (exact) mass is 442 g/mol. The zero-order chi connectivity index (χ0) is 22.8. The Labute approximate surface area is 190 Å². The number of aromatic nitrogens is 1. The first-order chi connectivity index (χ1) is 16.1. The van der Waals surface area contributed by atoms with E-state index in [1.54, 1.807) is 0 Å². The molecule has 1 aliphatic rings. The van der Waals surface area contributed by atoms with E-state index < -0.39 is 11.9 Å². The molecule has 0 radical (unpaired) electrons. The maximum atomic E-state index is 15.3. The molecule has 2 heterocycles. The average Bonchev–Trinajstić information content (AvgIpc) is 3.22. The van der Waals surface area contributed by atoms with E-state index in [0.717, 1.165) is 29.3 Å². The number of carbonyl (C=O) groups excluding carboxylic acids is 1. The van der Waals surface area contributed by atoms with Gasteiger partial charge in [0.2, 0.25) is 0 Å². The summed E-state index contributed by atoms with van der Waals surface area (Å²) in [5, 5.41) is 14.0. The summed E-state index contributed by atoms with van der Waals surface area (Å²) in [5.41, 5.74) is 3.14. The van der Waals surface area contributed by atoms with Gasteiger partial charge in [-0.1, -0.05) is 48.5 Å². The van der Waals surface area contributed by atoms with E-state index in [9.17, 15) is 10.1 Å². The predicted molar refractivity (Wildman–Crippen MR) is 125 cm³/mol. The first-order valence-electron chi connectivity index (χ1n) is 11.0. The van der Waals surface area contributed by atoms with Crippen LogP contribution in [0.1, 0.15) is 24.0 Å². The summed E-state index contributed by atoms with van der Waals surface area (Å²) in [7, 11) is 0. The van der Waals surface area contributed by atoms with Gasteiger partial charge in [-0.3, -0.25) is 0 Å². The molecule has 0 spiro atoms. The predicted octanol–water partition coefficient (Wildman–Crippen LogP) is 5.23. The molecule has 3 aromatic carbocycles. The second kappa shape index (κ2) is 8.83. The molecule has 6 nitrogen and oxygen atoms in total. The minimum absolute atomic E-state index is 0.169. The van der Waals surface area contributed by atoms with Crippen LogP contribution < -0.4 is 10.2 Å². The molecule has 4 aromatic rings. The molecule has 166 valence electrons. The van der Waals surface area contributed by atoms with Gasteiger partial charge in [0.1, 0.15) is 18.5 Å². The number of benzene rings is 3. The van der Waals surface area contributed by atoms with Crippen LogP contribution in [0.2, 0.25) is 0 Å². The fourth-order valence-electron chi connectivity index (χ4n) is 4.60. The number of aromatic amines is 1. The second-order valence-electron chi connectivity index (χ2n) is 8.28. The van der Waals surface area contributed by atoms with Crippen molar-refractivity contribution in [3.8, 4) is 6.07 Å². The summed E-state index contributed by atoms with van der Waals surface area (Å²) >= 11 is 0. The van der Waals surface area contributed by atoms with E-state index in [4.69, 9.17) is 4.74 Å². The smallest absolute Gasteiger partial charge is 0.407 e. The zero-order valence-electron chi connectivity index (χ0n) is 18.0. The number of rotatable bonds is 4. The lowest BCUT2D eigenvalue weighted by atomic mass is 10.0. The molecule has 2 N–H and O–H groups in total. The zero-order valence-corrected chi connectivity index (χ0v) is 18.0. The Morgan fingerprint density at radius 1 is 1.21 bits per heavy atom. The summed E-state index contributed by atoms with van der Waals surface area (Å²) in [6.07, 6.45) is 1.10. The number of nitrogens with zero attached hydrogens (tertiary/aromatic N) is 2. The quantitative estimate of drug-likeness (QED) is 0.454. The third-order valence-electron chi connectivity index (χ3n) is 6.10. The lowest BCUT2D eigenvalue weighted by molar-refractivity contribution is 0.134. The summed E-state index contributed by atoms with van der Waals surface area (Å²) in [4.78, 5) is 17.6. The van der Waals surface area contributed by atoms with Crippen molar-refractivity contribution in [3.63, 3.8) is 0 Å². The topological polar surface area (TPSA) is 81.2 Å². The van der Waals surface area contributed by atoms with E-state index in [1.165, 1.54) is 6.07 Å². The van der Waals surface area contributed by atoms with Crippen LogP contribution in [0.3, 0.4) is 0 Å². The van der Waals surface area contributed by atoms with Crippen LogP contribution >= 0.6 is 0 Å². The molecule has 1 saturated heterocycles. The van der Waals surface area contributed by atoms with Gasteiger partial charge in [0.25, 0.3) is 0 Å². The molecule has 1 atom stereocenters. The largest absolute Gasteiger partial charge is 0.445 e. The lowest BCUT2D eigenvalue weighted by Crippen LogP contribution is -2.48. The Kier molecular flexibility index (Phi) is 5.57. The number of nitrogens with one attached hydrogen (secondary N) is 2. The standard InChI is InChI=1S/C26H23FN4O2/c27-21-13-18(14-28)24-23(20-10-4-5-11-22(20)30-24)25(21)31-12-6-9-19(15-31)29-26(32)33-16-17-7-2-1-3-8-17/h1-5,7-8,10-11,13,19,30H,6,9,12,15-16H2,(H,29,32). The van der Waals surface area contributed by atoms with Crippen LogP contribution in [0, 0.1) is 17.1 Å². The van der Waals surface area contributed by atoms with Gasteiger partial charge in [0.15, 0.2) is 0 Å². The maximum Gasteiger partial charge on any atom is 0.407 e. The average molecular weight is 442 g/mol. The minimum atomic E-state index is -0.483. The van der Waals surface area contributed by atoms with Crippen LogP contribution in [-0.4, -0.2) is 30.2 Å². The third-order valence-corrected chi connectivity index (χ3v) is 6.10. The van der Waals surface area contributed by atoms with Gasteiger partial charge in [-0.05, 0) is 30.5 Å². The summed E-state index contributed by atoms with van der Waals surface area (Å²) in [5.74, 6) is -0.434. The molecule has 5 rings (SSSR count). The molecule has 1 amide bonds. The first-order valence-corrected chi connectivity index (χ1v) is 11.0. The van der Waals surface area contributed by atoms with Gasteiger partial charge in [-0.25, -0.2) is 9.18 Å². The number of piperidine rings is 1. The molecule has 0 bridgehead atoms. The van der Waals surface area contributed by atoms with Crippen molar-refractivity contribution in [2.24, 2.45) is 0 Å². The van der Waals surface area contributed by atoms with Crippen LogP contribution in [0.25, 0.3) is 21.8 Å². The molecule has 1 unspecified atom stereocenters. The van der Waals surface area contributed by atoms with E-state index in [0.29, 0.717) is 29.7 Å². The molecule has 1 fully saturated rings. The Bertz CT molecular complexity index is 1360. The lowest BCUT2D eigenvalue weighted by Gasteiger charge is -2.35. The Morgan fingerprint density at radius 3 is 2.82 bits per heavy atom. The number of nitriles is 1. The number of ether oxygens (including phenoxy) is 1. The Hall–Kier alpha value is -4.05. The highest BCUT2D eigenvalue weighted by Crippen LogP contribution is 2.38. The highest BCUT2D eigenvalue weighted by atomic mass is 19.1. The van der Waals surface area contributed by atoms with Gasteiger partial charge < -0.3 is 19.9 Å². The summed E-state index contributed by atoms with van der Waals surface area (Å²) in [6.45, 7) is 1.32.